The van der Waals surface area contributed by atoms with Crippen LogP contribution in [0.4, 0.5) is 0 Å². The summed E-state index contributed by atoms with van der Waals surface area (Å²) in [6.07, 6.45) is 3.18. The molecule has 1 aromatic carbocycles. The second-order valence-corrected chi connectivity index (χ2v) is 5.05. The van der Waals surface area contributed by atoms with Gasteiger partial charge in [-0.2, -0.15) is 0 Å². The van der Waals surface area contributed by atoms with E-state index in [4.69, 9.17) is 11.1 Å². The van der Waals surface area contributed by atoms with E-state index >= 15 is 0 Å². The van der Waals surface area contributed by atoms with E-state index < -0.39 is 5.60 Å². The first-order chi connectivity index (χ1) is 9.54. The lowest BCUT2D eigenvalue weighted by Crippen LogP contribution is -2.25. The van der Waals surface area contributed by atoms with Crippen molar-refractivity contribution in [1.82, 2.24) is 0 Å². The van der Waals surface area contributed by atoms with Crippen LogP contribution in [0.1, 0.15) is 50.7 Å². The van der Waals surface area contributed by atoms with Crippen molar-refractivity contribution in [3.8, 4) is 11.8 Å². The van der Waals surface area contributed by atoms with Gasteiger partial charge < -0.3 is 16.2 Å². The molecule has 0 aromatic heterocycles. The van der Waals surface area contributed by atoms with Crippen LogP contribution in [0.15, 0.2) is 24.3 Å². The van der Waals surface area contributed by atoms with Crippen molar-refractivity contribution in [2.24, 2.45) is 5.73 Å². The van der Waals surface area contributed by atoms with Gasteiger partial charge >= 0.3 is 0 Å². The van der Waals surface area contributed by atoms with Crippen LogP contribution in [0.25, 0.3) is 0 Å². The number of nitrogens with two attached hydrogens (primary N) is 1. The minimum Gasteiger partial charge on any atom is -0.378 e. The molecular weight excluding hydrogens is 248 g/mol. The monoisotopic (exact) mass is 272 g/mol. The molecule has 0 spiro atoms. The molecule has 1 rings (SSSR count). The summed E-state index contributed by atoms with van der Waals surface area (Å²) in [5.41, 5.74) is 6.57. The molecule has 0 unspecified atom stereocenters. The van der Waals surface area contributed by atoms with Crippen molar-refractivity contribution in [3.63, 3.8) is 0 Å². The zero-order valence-electron chi connectivity index (χ0n) is 12.4. The maximum Gasteiger partial charge on any atom is 0.125 e. The highest BCUT2D eigenvalue weighted by molar-refractivity contribution is 5.99. The molecule has 0 fully saturated rings. The van der Waals surface area contributed by atoms with Crippen molar-refractivity contribution in [2.75, 3.05) is 6.54 Å². The topological polar surface area (TPSA) is 70.1 Å². The Hall–Kier alpha value is -1.63. The summed E-state index contributed by atoms with van der Waals surface area (Å²) in [5.74, 6) is 6.04. The second-order valence-electron chi connectivity index (χ2n) is 5.05. The van der Waals surface area contributed by atoms with Crippen LogP contribution in [-0.2, 0) is 0 Å². The maximum atomic E-state index is 10.5. The largest absolute Gasteiger partial charge is 0.378 e. The number of hydrogen-bond donors (Lipinski definition) is 3. The standard InChI is InChI=1S/C17H24N2O/c1-3-9-17(20,10-4-2)11-8-14-6-5-7-15(12-14)16(19)13-18/h5-7,12,19-20H,3-4,9-10,13,18H2,1-2H3. The summed E-state index contributed by atoms with van der Waals surface area (Å²) < 4.78 is 0. The molecule has 3 nitrogen and oxygen atoms in total. The van der Waals surface area contributed by atoms with Gasteiger partial charge in [0.1, 0.15) is 5.60 Å². The van der Waals surface area contributed by atoms with Gasteiger partial charge in [0.15, 0.2) is 0 Å². The van der Waals surface area contributed by atoms with Crippen LogP contribution >= 0.6 is 0 Å². The second kappa shape index (κ2) is 7.84. The molecule has 20 heavy (non-hydrogen) atoms. The number of hydrogen-bond acceptors (Lipinski definition) is 3. The van der Waals surface area contributed by atoms with Gasteiger partial charge in [0, 0.05) is 12.1 Å². The molecule has 0 aliphatic carbocycles. The van der Waals surface area contributed by atoms with Crippen molar-refractivity contribution in [3.05, 3.63) is 35.4 Å². The highest BCUT2D eigenvalue weighted by Crippen LogP contribution is 2.18. The Balaban J connectivity index is 2.97. The first-order valence-electron chi connectivity index (χ1n) is 7.18. The third-order valence-corrected chi connectivity index (χ3v) is 3.18. The van der Waals surface area contributed by atoms with Crippen molar-refractivity contribution in [2.45, 2.75) is 45.1 Å². The van der Waals surface area contributed by atoms with Gasteiger partial charge in [0.05, 0.1) is 5.71 Å². The summed E-state index contributed by atoms with van der Waals surface area (Å²) in [6, 6.07) is 7.45. The molecule has 0 saturated carbocycles. The van der Waals surface area contributed by atoms with E-state index in [1.165, 1.54) is 0 Å². The molecule has 0 radical (unpaired) electrons. The van der Waals surface area contributed by atoms with Gasteiger partial charge in [0.25, 0.3) is 0 Å². The molecule has 0 saturated heterocycles. The van der Waals surface area contributed by atoms with Crippen molar-refractivity contribution >= 4 is 5.71 Å². The van der Waals surface area contributed by atoms with E-state index in [-0.39, 0.29) is 6.54 Å². The molecule has 108 valence electrons. The SMILES string of the molecule is CCCC(O)(C#Cc1cccc(C(=N)CN)c1)CCC. The molecule has 0 bridgehead atoms. The third kappa shape index (κ3) is 4.80. The van der Waals surface area contributed by atoms with Gasteiger partial charge in [-0.3, -0.25) is 0 Å². The smallest absolute Gasteiger partial charge is 0.125 e. The predicted molar refractivity (Wildman–Crippen MR) is 84.0 cm³/mol. The number of rotatable bonds is 6. The average Bonchev–Trinajstić information content (AvgIpc) is 2.45. The first-order valence-corrected chi connectivity index (χ1v) is 7.18. The minimum atomic E-state index is -0.902. The van der Waals surface area contributed by atoms with Crippen LogP contribution in [-0.4, -0.2) is 23.0 Å². The molecule has 0 aliphatic rings. The number of nitrogens with one attached hydrogen (secondary N) is 1. The van der Waals surface area contributed by atoms with Crippen LogP contribution in [0, 0.1) is 17.3 Å². The summed E-state index contributed by atoms with van der Waals surface area (Å²) in [7, 11) is 0. The van der Waals surface area contributed by atoms with Gasteiger partial charge in [-0.05, 0) is 30.5 Å². The molecule has 0 amide bonds. The summed E-state index contributed by atoms with van der Waals surface area (Å²) >= 11 is 0. The van der Waals surface area contributed by atoms with Crippen molar-refractivity contribution < 1.29 is 5.11 Å². The predicted octanol–water partition coefficient (Wildman–Crippen LogP) is 2.70. The Morgan fingerprint density at radius 1 is 1.30 bits per heavy atom. The van der Waals surface area contributed by atoms with E-state index in [0.29, 0.717) is 18.6 Å². The zero-order valence-corrected chi connectivity index (χ0v) is 12.4. The Morgan fingerprint density at radius 2 is 1.95 bits per heavy atom. The molecule has 0 aliphatic heterocycles. The quantitative estimate of drug-likeness (QED) is 0.550. The lowest BCUT2D eigenvalue weighted by atomic mass is 9.93. The number of benzene rings is 1. The average molecular weight is 272 g/mol. The highest BCUT2D eigenvalue weighted by Gasteiger charge is 2.21. The zero-order chi connectivity index (χ0) is 15.0. The third-order valence-electron chi connectivity index (χ3n) is 3.18. The fourth-order valence-electron chi connectivity index (χ4n) is 2.17. The molecule has 4 N–H and O–H groups in total. The Bertz CT molecular complexity index is 505. The maximum absolute atomic E-state index is 10.5. The van der Waals surface area contributed by atoms with Gasteiger partial charge in [-0.1, -0.05) is 50.7 Å². The van der Waals surface area contributed by atoms with E-state index in [1.54, 1.807) is 0 Å². The van der Waals surface area contributed by atoms with E-state index in [1.807, 2.05) is 38.1 Å². The fraction of sp³-hybridized carbons (Fsp3) is 0.471. The minimum absolute atomic E-state index is 0.215. The van der Waals surface area contributed by atoms with Gasteiger partial charge in [0.2, 0.25) is 0 Å². The Morgan fingerprint density at radius 3 is 2.50 bits per heavy atom. The lowest BCUT2D eigenvalue weighted by molar-refractivity contribution is 0.0807. The first kappa shape index (κ1) is 16.4. The summed E-state index contributed by atoms with van der Waals surface area (Å²) in [5, 5.41) is 18.2. The van der Waals surface area contributed by atoms with E-state index in [0.717, 1.165) is 24.0 Å². The summed E-state index contributed by atoms with van der Waals surface area (Å²) in [4.78, 5) is 0. The van der Waals surface area contributed by atoms with Crippen LogP contribution in [0.2, 0.25) is 0 Å². The van der Waals surface area contributed by atoms with E-state index in [9.17, 15) is 5.11 Å². The highest BCUT2D eigenvalue weighted by atomic mass is 16.3. The Labute approximate surface area is 121 Å². The normalized spacial score (nSPS) is 10.8. The van der Waals surface area contributed by atoms with Crippen molar-refractivity contribution in [1.29, 1.82) is 5.41 Å². The van der Waals surface area contributed by atoms with Gasteiger partial charge in [-0.15, -0.1) is 0 Å². The van der Waals surface area contributed by atoms with Crippen LogP contribution in [0.3, 0.4) is 0 Å². The van der Waals surface area contributed by atoms with E-state index in [2.05, 4.69) is 11.8 Å². The van der Waals surface area contributed by atoms with Gasteiger partial charge in [-0.25, -0.2) is 0 Å². The molecule has 0 atom stereocenters. The lowest BCUT2D eigenvalue weighted by Gasteiger charge is -2.20. The summed E-state index contributed by atoms with van der Waals surface area (Å²) in [6.45, 7) is 4.31. The van der Waals surface area contributed by atoms with Crippen LogP contribution in [0.5, 0.6) is 0 Å². The van der Waals surface area contributed by atoms with Crippen LogP contribution < -0.4 is 5.73 Å². The molecule has 0 heterocycles. The molecule has 1 aromatic rings. The Kier molecular flexibility index (Phi) is 6.44. The molecule has 3 heteroatoms. The molecular formula is C17H24N2O. The fourth-order valence-corrected chi connectivity index (χ4v) is 2.17. The number of aliphatic hydroxyl groups is 1.